The lowest BCUT2D eigenvalue weighted by atomic mass is 10.1. The number of nitrogens with zero attached hydrogens (tertiary/aromatic N) is 4. The molecule has 0 radical (unpaired) electrons. The summed E-state index contributed by atoms with van der Waals surface area (Å²) in [6.07, 6.45) is 4.33. The van der Waals surface area contributed by atoms with Crippen LogP contribution in [0, 0.1) is 0 Å². The molecule has 34 heavy (non-hydrogen) atoms. The molecule has 1 aliphatic heterocycles. The number of nitrogens with two attached hydrogens (primary N) is 1. The molecule has 3 aromatic heterocycles. The highest BCUT2D eigenvalue weighted by molar-refractivity contribution is 8.00. The Bertz CT molecular complexity index is 1320. The predicted octanol–water partition coefficient (Wildman–Crippen LogP) is 2.95. The quantitative estimate of drug-likeness (QED) is 0.155. The SMILES string of the molecule is Nc1ncnc2c1nc(Sc1cc3c(cc1-c1ccco1)SCC3)n2CCNCCC(=O)NO. The van der Waals surface area contributed by atoms with Gasteiger partial charge in [0.1, 0.15) is 12.1 Å². The zero-order chi connectivity index (χ0) is 23.5. The Morgan fingerprint density at radius 1 is 1.32 bits per heavy atom. The first-order chi connectivity index (χ1) is 16.6. The number of anilines is 1. The molecule has 12 heteroatoms. The highest BCUT2D eigenvalue weighted by Crippen LogP contribution is 2.43. The van der Waals surface area contributed by atoms with Gasteiger partial charge in [0, 0.05) is 47.2 Å². The third kappa shape index (κ3) is 4.62. The maximum atomic E-state index is 11.2. The van der Waals surface area contributed by atoms with E-state index in [9.17, 15) is 4.79 Å². The van der Waals surface area contributed by atoms with Crippen molar-refractivity contribution in [3.05, 3.63) is 42.4 Å². The molecular formula is C22H23N7O3S2. The molecule has 5 rings (SSSR count). The lowest BCUT2D eigenvalue weighted by Crippen LogP contribution is -2.27. The van der Waals surface area contributed by atoms with E-state index in [1.165, 1.54) is 16.8 Å². The summed E-state index contributed by atoms with van der Waals surface area (Å²) >= 11 is 3.41. The summed E-state index contributed by atoms with van der Waals surface area (Å²) in [4.78, 5) is 26.9. The Balaban J connectivity index is 1.47. The fourth-order valence-corrected chi connectivity index (χ4v) is 5.98. The van der Waals surface area contributed by atoms with Crippen molar-refractivity contribution in [3.63, 3.8) is 0 Å². The van der Waals surface area contributed by atoms with Crippen LogP contribution in [0.3, 0.4) is 0 Å². The fraction of sp³-hybridized carbons (Fsp3) is 0.273. The second-order valence-corrected chi connectivity index (χ2v) is 9.79. The highest BCUT2D eigenvalue weighted by Gasteiger charge is 2.21. The maximum absolute atomic E-state index is 11.2. The van der Waals surface area contributed by atoms with Crippen molar-refractivity contribution in [2.45, 2.75) is 34.3 Å². The third-order valence-electron chi connectivity index (χ3n) is 5.47. The molecule has 1 aromatic carbocycles. The molecule has 4 aromatic rings. The first-order valence-electron chi connectivity index (χ1n) is 10.8. The number of furan rings is 1. The molecular weight excluding hydrogens is 474 g/mol. The summed E-state index contributed by atoms with van der Waals surface area (Å²) in [6, 6.07) is 8.27. The van der Waals surface area contributed by atoms with Crippen LogP contribution in [0.25, 0.3) is 22.5 Å². The average Bonchev–Trinajstić information content (AvgIpc) is 3.59. The van der Waals surface area contributed by atoms with Crippen LogP contribution in [-0.4, -0.2) is 49.5 Å². The number of thioether (sulfide) groups is 1. The van der Waals surface area contributed by atoms with E-state index in [0.717, 1.165) is 33.5 Å². The number of aryl methyl sites for hydroxylation is 1. The maximum Gasteiger partial charge on any atom is 0.244 e. The Kier molecular flexibility index (Phi) is 6.72. The molecule has 0 fully saturated rings. The molecule has 1 amide bonds. The smallest absolute Gasteiger partial charge is 0.244 e. The molecule has 0 saturated heterocycles. The highest BCUT2D eigenvalue weighted by atomic mass is 32.2. The molecule has 0 atom stereocenters. The second-order valence-electron chi connectivity index (χ2n) is 7.65. The minimum absolute atomic E-state index is 0.178. The molecule has 1 aliphatic rings. The van der Waals surface area contributed by atoms with Crippen LogP contribution in [0.2, 0.25) is 0 Å². The Labute approximate surface area is 203 Å². The van der Waals surface area contributed by atoms with Crippen LogP contribution in [-0.2, 0) is 17.8 Å². The lowest BCUT2D eigenvalue weighted by Gasteiger charge is -2.12. The van der Waals surface area contributed by atoms with E-state index in [4.69, 9.17) is 20.3 Å². The number of carbonyl (C=O) groups is 1. The molecule has 10 nitrogen and oxygen atoms in total. The van der Waals surface area contributed by atoms with E-state index in [2.05, 4.69) is 27.4 Å². The van der Waals surface area contributed by atoms with Gasteiger partial charge in [0.15, 0.2) is 22.1 Å². The van der Waals surface area contributed by atoms with Gasteiger partial charge in [0.05, 0.1) is 6.26 Å². The number of aromatic nitrogens is 4. The summed E-state index contributed by atoms with van der Waals surface area (Å²) in [7, 11) is 0. The van der Waals surface area contributed by atoms with Gasteiger partial charge in [-0.3, -0.25) is 10.0 Å². The number of carbonyl (C=O) groups excluding carboxylic acids is 1. The number of rotatable bonds is 9. The van der Waals surface area contributed by atoms with Gasteiger partial charge < -0.3 is 20.0 Å². The number of fused-ring (bicyclic) bond motifs is 2. The fourth-order valence-electron chi connectivity index (χ4n) is 3.80. The molecule has 4 heterocycles. The number of amides is 1. The number of nitrogens with one attached hydrogen (secondary N) is 2. The van der Waals surface area contributed by atoms with Gasteiger partial charge in [-0.05, 0) is 36.2 Å². The van der Waals surface area contributed by atoms with Gasteiger partial charge in [-0.1, -0.05) is 11.8 Å². The number of hydrogen-bond donors (Lipinski definition) is 4. The summed E-state index contributed by atoms with van der Waals surface area (Å²) in [5.41, 5.74) is 11.3. The van der Waals surface area contributed by atoms with Gasteiger partial charge in [-0.25, -0.2) is 20.4 Å². The third-order valence-corrected chi connectivity index (χ3v) is 7.62. The van der Waals surface area contributed by atoms with Crippen LogP contribution in [0.5, 0.6) is 0 Å². The summed E-state index contributed by atoms with van der Waals surface area (Å²) in [6.45, 7) is 1.57. The van der Waals surface area contributed by atoms with E-state index < -0.39 is 5.91 Å². The first kappa shape index (κ1) is 22.7. The Morgan fingerprint density at radius 2 is 2.24 bits per heavy atom. The van der Waals surface area contributed by atoms with Crippen molar-refractivity contribution in [2.24, 2.45) is 0 Å². The van der Waals surface area contributed by atoms with Gasteiger partial charge in [-0.2, -0.15) is 0 Å². The number of hydroxylamine groups is 1. The van der Waals surface area contributed by atoms with Crippen LogP contribution < -0.4 is 16.5 Å². The number of imidazole rings is 1. The van der Waals surface area contributed by atoms with Gasteiger partial charge in [0.25, 0.3) is 0 Å². The van der Waals surface area contributed by atoms with Crippen LogP contribution >= 0.6 is 23.5 Å². The number of nitrogen functional groups attached to an aromatic ring is 1. The largest absolute Gasteiger partial charge is 0.464 e. The number of hydrogen-bond acceptors (Lipinski definition) is 10. The molecule has 0 aliphatic carbocycles. The minimum atomic E-state index is -0.433. The van der Waals surface area contributed by atoms with Crippen LogP contribution in [0.15, 0.2) is 56.2 Å². The van der Waals surface area contributed by atoms with Crippen LogP contribution in [0.1, 0.15) is 12.0 Å². The van der Waals surface area contributed by atoms with Crippen molar-refractivity contribution in [1.29, 1.82) is 0 Å². The van der Waals surface area contributed by atoms with E-state index >= 15 is 0 Å². The second kappa shape index (κ2) is 10.1. The first-order valence-corrected chi connectivity index (χ1v) is 12.6. The molecule has 0 saturated carbocycles. The molecule has 5 N–H and O–H groups in total. The number of benzene rings is 1. The molecule has 176 valence electrons. The van der Waals surface area contributed by atoms with Crippen molar-refractivity contribution < 1.29 is 14.4 Å². The average molecular weight is 498 g/mol. The van der Waals surface area contributed by atoms with Gasteiger partial charge in [-0.15, -0.1) is 11.8 Å². The summed E-state index contributed by atoms with van der Waals surface area (Å²) in [5.74, 6) is 1.78. The standard InChI is InChI=1S/C22H23N7O3S2/c23-20-19-21(26-12-25-20)29(7-6-24-5-3-18(30)28-31)22(27-19)34-17-10-13-4-9-33-16(13)11-14(17)15-2-1-8-32-15/h1-2,8,10-12,24,31H,3-7,9H2,(H,28,30)(H2,23,25,26). The van der Waals surface area contributed by atoms with E-state index in [-0.39, 0.29) is 6.42 Å². The Hall–Kier alpha value is -3.06. The topological polar surface area (TPSA) is 144 Å². The molecule has 0 spiro atoms. The Morgan fingerprint density at radius 3 is 3.06 bits per heavy atom. The zero-order valence-corrected chi connectivity index (χ0v) is 19.8. The normalized spacial score (nSPS) is 12.9. The van der Waals surface area contributed by atoms with Gasteiger partial charge in [0.2, 0.25) is 5.91 Å². The monoisotopic (exact) mass is 497 g/mol. The summed E-state index contributed by atoms with van der Waals surface area (Å²) in [5, 5.41) is 12.6. The van der Waals surface area contributed by atoms with Gasteiger partial charge >= 0.3 is 0 Å². The van der Waals surface area contributed by atoms with Crippen molar-refractivity contribution in [3.8, 4) is 11.3 Å². The van der Waals surface area contributed by atoms with E-state index in [1.54, 1.807) is 23.5 Å². The van der Waals surface area contributed by atoms with Crippen molar-refractivity contribution in [2.75, 3.05) is 24.6 Å². The minimum Gasteiger partial charge on any atom is -0.464 e. The predicted molar refractivity (Wildman–Crippen MR) is 130 cm³/mol. The van der Waals surface area contributed by atoms with Crippen LogP contribution in [0.4, 0.5) is 5.82 Å². The lowest BCUT2D eigenvalue weighted by molar-refractivity contribution is -0.129. The van der Waals surface area contributed by atoms with E-state index in [1.807, 2.05) is 28.5 Å². The summed E-state index contributed by atoms with van der Waals surface area (Å²) < 4.78 is 7.74. The van der Waals surface area contributed by atoms with Crippen molar-refractivity contribution >= 4 is 46.4 Å². The van der Waals surface area contributed by atoms with E-state index in [0.29, 0.717) is 36.6 Å². The molecule has 0 unspecified atom stereocenters. The van der Waals surface area contributed by atoms with Crippen molar-refractivity contribution in [1.82, 2.24) is 30.3 Å². The zero-order valence-electron chi connectivity index (χ0n) is 18.2. The molecule has 0 bridgehead atoms.